The van der Waals surface area contributed by atoms with Crippen molar-refractivity contribution in [2.45, 2.75) is 32.3 Å². The van der Waals surface area contributed by atoms with Crippen molar-refractivity contribution in [3.63, 3.8) is 0 Å². The topological polar surface area (TPSA) is 57.6 Å². The number of amides is 1. The number of carbonyl (C=O) groups is 2. The highest BCUT2D eigenvalue weighted by molar-refractivity contribution is 6.08. The molecule has 4 nitrogen and oxygen atoms in total. The number of hydrogen-bond acceptors (Lipinski definition) is 3. The molecule has 24 heavy (non-hydrogen) atoms. The van der Waals surface area contributed by atoms with Crippen molar-refractivity contribution >= 4 is 17.4 Å². The van der Waals surface area contributed by atoms with Crippen molar-refractivity contribution in [3.05, 3.63) is 65.2 Å². The second-order valence-corrected chi connectivity index (χ2v) is 6.45. The maximum Gasteiger partial charge on any atom is 0.264 e. The van der Waals surface area contributed by atoms with Crippen molar-refractivity contribution in [3.8, 4) is 0 Å². The minimum atomic E-state index is -1.75. The fraction of sp³-hybridized carbons (Fsp3) is 0.300. The van der Waals surface area contributed by atoms with Gasteiger partial charge in [0.15, 0.2) is 5.60 Å². The fourth-order valence-corrected chi connectivity index (χ4v) is 3.30. The summed E-state index contributed by atoms with van der Waals surface area (Å²) in [5.41, 5.74) is 1.57. The minimum absolute atomic E-state index is 0.190. The number of aliphatic hydroxyl groups is 1. The van der Waals surface area contributed by atoms with Crippen LogP contribution in [0.3, 0.4) is 0 Å². The third-order valence-electron chi connectivity index (χ3n) is 4.46. The monoisotopic (exact) mass is 323 g/mol. The van der Waals surface area contributed by atoms with Crippen LogP contribution in [0.15, 0.2) is 48.5 Å². The molecule has 4 heteroatoms. The van der Waals surface area contributed by atoms with Gasteiger partial charge in [-0.25, -0.2) is 0 Å². The van der Waals surface area contributed by atoms with Crippen LogP contribution < -0.4 is 4.90 Å². The minimum Gasteiger partial charge on any atom is -0.375 e. The van der Waals surface area contributed by atoms with Crippen LogP contribution >= 0.6 is 0 Å². The highest BCUT2D eigenvalue weighted by atomic mass is 16.3. The van der Waals surface area contributed by atoms with Gasteiger partial charge in [0.1, 0.15) is 5.78 Å². The van der Waals surface area contributed by atoms with E-state index in [1.165, 1.54) is 6.92 Å². The first-order valence-electron chi connectivity index (χ1n) is 8.10. The molecule has 0 aromatic heterocycles. The molecule has 0 aliphatic carbocycles. The van der Waals surface area contributed by atoms with Gasteiger partial charge in [0, 0.05) is 18.5 Å². The average Bonchev–Trinajstić information content (AvgIpc) is 2.74. The van der Waals surface area contributed by atoms with Crippen LogP contribution in [0.4, 0.5) is 5.69 Å². The maximum atomic E-state index is 12.9. The van der Waals surface area contributed by atoms with Gasteiger partial charge in [-0.05, 0) is 31.9 Å². The van der Waals surface area contributed by atoms with E-state index in [0.717, 1.165) is 11.1 Å². The van der Waals surface area contributed by atoms with Crippen molar-refractivity contribution in [1.82, 2.24) is 0 Å². The Bertz CT molecular complexity index is 785. The van der Waals surface area contributed by atoms with E-state index >= 15 is 0 Å². The number of benzene rings is 2. The molecule has 1 unspecified atom stereocenters. The number of anilines is 1. The van der Waals surface area contributed by atoms with Crippen LogP contribution in [0.5, 0.6) is 0 Å². The molecule has 0 fully saturated rings. The SMILES string of the molecule is CC(=O)CC1(O)C(=O)N(CCc2ccccc2)c2ccc(C)cc21. The molecule has 0 radical (unpaired) electrons. The molecule has 3 rings (SSSR count). The van der Waals surface area contributed by atoms with E-state index in [0.29, 0.717) is 24.2 Å². The lowest BCUT2D eigenvalue weighted by atomic mass is 9.89. The second-order valence-electron chi connectivity index (χ2n) is 6.45. The lowest BCUT2D eigenvalue weighted by molar-refractivity contribution is -0.141. The van der Waals surface area contributed by atoms with Gasteiger partial charge in [0.25, 0.3) is 5.91 Å². The van der Waals surface area contributed by atoms with Crippen LogP contribution in [0.1, 0.15) is 30.0 Å². The van der Waals surface area contributed by atoms with Crippen LogP contribution in [-0.2, 0) is 21.6 Å². The quantitative estimate of drug-likeness (QED) is 0.920. The summed E-state index contributed by atoms with van der Waals surface area (Å²) in [7, 11) is 0. The van der Waals surface area contributed by atoms with Gasteiger partial charge in [-0.1, -0.05) is 48.0 Å². The Morgan fingerprint density at radius 2 is 1.88 bits per heavy atom. The van der Waals surface area contributed by atoms with Gasteiger partial charge in [-0.3, -0.25) is 9.59 Å². The van der Waals surface area contributed by atoms with Crippen molar-refractivity contribution in [2.24, 2.45) is 0 Å². The lowest BCUT2D eigenvalue weighted by Gasteiger charge is -2.22. The predicted octanol–water partition coefficient (Wildman–Crippen LogP) is 2.75. The van der Waals surface area contributed by atoms with E-state index in [1.807, 2.05) is 49.4 Å². The van der Waals surface area contributed by atoms with E-state index in [-0.39, 0.29) is 12.2 Å². The predicted molar refractivity (Wildman–Crippen MR) is 92.9 cm³/mol. The first kappa shape index (κ1) is 16.4. The van der Waals surface area contributed by atoms with Gasteiger partial charge in [-0.15, -0.1) is 0 Å². The summed E-state index contributed by atoms with van der Waals surface area (Å²) >= 11 is 0. The number of nitrogens with zero attached hydrogens (tertiary/aromatic N) is 1. The summed E-state index contributed by atoms with van der Waals surface area (Å²) in [6, 6.07) is 15.5. The summed E-state index contributed by atoms with van der Waals surface area (Å²) in [6.45, 7) is 3.78. The number of rotatable bonds is 5. The molecule has 1 aliphatic heterocycles. The largest absolute Gasteiger partial charge is 0.375 e. The Labute approximate surface area is 141 Å². The molecule has 0 saturated carbocycles. The highest BCUT2D eigenvalue weighted by Gasteiger charge is 2.50. The van der Waals surface area contributed by atoms with Crippen molar-refractivity contribution < 1.29 is 14.7 Å². The van der Waals surface area contributed by atoms with E-state index in [2.05, 4.69) is 0 Å². The second kappa shape index (κ2) is 6.21. The molecular formula is C20H21NO3. The molecular weight excluding hydrogens is 302 g/mol. The van der Waals surface area contributed by atoms with Gasteiger partial charge in [-0.2, -0.15) is 0 Å². The fourth-order valence-electron chi connectivity index (χ4n) is 3.30. The molecule has 2 aromatic rings. The van der Waals surface area contributed by atoms with E-state index < -0.39 is 11.5 Å². The molecule has 124 valence electrons. The van der Waals surface area contributed by atoms with Crippen LogP contribution in [0, 0.1) is 6.92 Å². The molecule has 0 spiro atoms. The van der Waals surface area contributed by atoms with Crippen molar-refractivity contribution in [2.75, 3.05) is 11.4 Å². The number of hydrogen-bond donors (Lipinski definition) is 1. The number of Topliss-reactive ketones (excluding diaryl/α,β-unsaturated/α-hetero) is 1. The van der Waals surface area contributed by atoms with Crippen molar-refractivity contribution in [1.29, 1.82) is 0 Å². The molecule has 0 bridgehead atoms. The molecule has 1 N–H and O–H groups in total. The zero-order chi connectivity index (χ0) is 17.3. The van der Waals surface area contributed by atoms with Gasteiger partial charge in [0.05, 0.1) is 5.69 Å². The number of carbonyl (C=O) groups excluding carboxylic acids is 2. The Morgan fingerprint density at radius 1 is 1.17 bits per heavy atom. The summed E-state index contributed by atoms with van der Waals surface area (Å²) in [6.07, 6.45) is 0.500. The Hall–Kier alpha value is -2.46. The van der Waals surface area contributed by atoms with Crippen LogP contribution in [0.25, 0.3) is 0 Å². The number of fused-ring (bicyclic) bond motifs is 1. The zero-order valence-corrected chi connectivity index (χ0v) is 14.0. The number of ketones is 1. The Balaban J connectivity index is 1.94. The molecule has 0 saturated heterocycles. The molecule has 1 aliphatic rings. The summed E-state index contributed by atoms with van der Waals surface area (Å²) in [5.74, 6) is -0.613. The molecule has 1 atom stereocenters. The van der Waals surface area contributed by atoms with Crippen LogP contribution in [-0.4, -0.2) is 23.3 Å². The normalized spacial score (nSPS) is 19.5. The zero-order valence-electron chi connectivity index (χ0n) is 14.0. The third-order valence-corrected chi connectivity index (χ3v) is 4.46. The summed E-state index contributed by atoms with van der Waals surface area (Å²) in [5, 5.41) is 11.0. The maximum absolute atomic E-state index is 12.9. The third kappa shape index (κ3) is 2.85. The lowest BCUT2D eigenvalue weighted by Crippen LogP contribution is -2.42. The van der Waals surface area contributed by atoms with E-state index in [1.54, 1.807) is 11.0 Å². The smallest absolute Gasteiger partial charge is 0.264 e. The molecule has 1 amide bonds. The average molecular weight is 323 g/mol. The first-order valence-corrected chi connectivity index (χ1v) is 8.10. The van der Waals surface area contributed by atoms with E-state index in [9.17, 15) is 14.7 Å². The highest BCUT2D eigenvalue weighted by Crippen LogP contribution is 2.43. The van der Waals surface area contributed by atoms with Crippen LogP contribution in [0.2, 0.25) is 0 Å². The molecule has 2 aromatic carbocycles. The summed E-state index contributed by atoms with van der Waals surface area (Å²) < 4.78 is 0. The standard InChI is InChI=1S/C20H21NO3/c1-14-8-9-18-17(12-14)20(24,13-15(2)22)19(23)21(18)11-10-16-6-4-3-5-7-16/h3-9,12,24H,10-11,13H2,1-2H3. The number of aryl methyl sites for hydroxylation is 1. The van der Waals surface area contributed by atoms with Gasteiger partial charge < -0.3 is 10.0 Å². The first-order chi connectivity index (χ1) is 11.4. The van der Waals surface area contributed by atoms with Gasteiger partial charge in [0.2, 0.25) is 0 Å². The molecule has 1 heterocycles. The summed E-state index contributed by atoms with van der Waals surface area (Å²) in [4.78, 5) is 26.1. The van der Waals surface area contributed by atoms with E-state index in [4.69, 9.17) is 0 Å². The Kier molecular flexibility index (Phi) is 4.24. The Morgan fingerprint density at radius 3 is 2.54 bits per heavy atom. The van der Waals surface area contributed by atoms with Gasteiger partial charge >= 0.3 is 0 Å².